The van der Waals surface area contributed by atoms with Crippen molar-refractivity contribution in [2.75, 3.05) is 0 Å². The minimum Gasteiger partial charge on any atom is -0.457 e. The molecule has 0 unspecified atom stereocenters. The Labute approximate surface area is 169 Å². The number of hydrogen-bond donors (Lipinski definition) is 1. The van der Waals surface area contributed by atoms with E-state index in [1.807, 2.05) is 18.2 Å². The fourth-order valence-electron chi connectivity index (χ4n) is 3.30. The van der Waals surface area contributed by atoms with Crippen molar-refractivity contribution in [1.29, 1.82) is 0 Å². The average Bonchev–Trinajstić information content (AvgIpc) is 2.67. The first-order valence-electron chi connectivity index (χ1n) is 10.3. The standard InChI is InChI=1S/C23H32O4S/c1-2-3-4-5-6-7-8-9-11-14-20-17-18-22(19-23(20)28(24,25)26)27-21-15-12-10-13-16-21/h10,12-13,15-19H,2-9,11,14H2,1H3,(H,24,25,26). The van der Waals surface area contributed by atoms with E-state index in [0.717, 1.165) is 12.8 Å². The molecule has 4 nitrogen and oxygen atoms in total. The summed E-state index contributed by atoms with van der Waals surface area (Å²) in [4.78, 5) is -0.0551. The zero-order valence-corrected chi connectivity index (χ0v) is 17.6. The molecule has 0 saturated carbocycles. The predicted octanol–water partition coefficient (Wildman–Crippen LogP) is 6.80. The van der Waals surface area contributed by atoms with Gasteiger partial charge in [0.05, 0.1) is 0 Å². The number of benzene rings is 2. The van der Waals surface area contributed by atoms with E-state index >= 15 is 0 Å². The highest BCUT2D eigenvalue weighted by Crippen LogP contribution is 2.27. The van der Waals surface area contributed by atoms with Gasteiger partial charge in [0.25, 0.3) is 10.1 Å². The molecule has 28 heavy (non-hydrogen) atoms. The fraction of sp³-hybridized carbons (Fsp3) is 0.478. The van der Waals surface area contributed by atoms with Crippen LogP contribution >= 0.6 is 0 Å². The summed E-state index contributed by atoms with van der Waals surface area (Å²) in [6, 6.07) is 14.1. The third-order valence-electron chi connectivity index (χ3n) is 4.85. The molecule has 0 amide bonds. The molecular weight excluding hydrogens is 372 g/mol. The van der Waals surface area contributed by atoms with Crippen LogP contribution < -0.4 is 4.74 Å². The summed E-state index contributed by atoms with van der Waals surface area (Å²) in [5.41, 5.74) is 0.644. The molecule has 0 heterocycles. The van der Waals surface area contributed by atoms with Gasteiger partial charge in [0.1, 0.15) is 16.4 Å². The summed E-state index contributed by atoms with van der Waals surface area (Å²) in [5.74, 6) is 1.02. The maximum atomic E-state index is 11.8. The quantitative estimate of drug-likeness (QED) is 0.294. The van der Waals surface area contributed by atoms with Gasteiger partial charge in [-0.3, -0.25) is 4.55 Å². The molecule has 0 fully saturated rings. The zero-order valence-electron chi connectivity index (χ0n) is 16.8. The van der Waals surface area contributed by atoms with Crippen LogP contribution in [0.5, 0.6) is 11.5 Å². The van der Waals surface area contributed by atoms with Crippen LogP contribution in [0.2, 0.25) is 0 Å². The van der Waals surface area contributed by atoms with Crippen molar-refractivity contribution in [3.8, 4) is 11.5 Å². The van der Waals surface area contributed by atoms with Gasteiger partial charge < -0.3 is 4.74 Å². The van der Waals surface area contributed by atoms with Crippen LogP contribution in [0.4, 0.5) is 0 Å². The number of aryl methyl sites for hydroxylation is 1. The zero-order chi connectivity index (χ0) is 20.2. The molecule has 1 N–H and O–H groups in total. The Bertz CT molecular complexity index is 801. The minimum absolute atomic E-state index is 0.0551. The van der Waals surface area contributed by atoms with E-state index in [1.165, 1.54) is 51.0 Å². The largest absolute Gasteiger partial charge is 0.457 e. The minimum atomic E-state index is -4.29. The van der Waals surface area contributed by atoms with Crippen LogP contribution in [-0.2, 0) is 16.5 Å². The molecular formula is C23H32O4S. The Morgan fingerprint density at radius 2 is 1.39 bits per heavy atom. The first-order chi connectivity index (χ1) is 13.5. The molecule has 0 saturated heterocycles. The van der Waals surface area contributed by atoms with Crippen molar-refractivity contribution < 1.29 is 17.7 Å². The number of unbranched alkanes of at least 4 members (excludes halogenated alkanes) is 8. The van der Waals surface area contributed by atoms with Crippen LogP contribution in [0.1, 0.15) is 70.3 Å². The second-order valence-corrected chi connectivity index (χ2v) is 8.63. The Morgan fingerprint density at radius 3 is 2.00 bits per heavy atom. The highest BCUT2D eigenvalue weighted by Gasteiger charge is 2.17. The molecule has 0 radical (unpaired) electrons. The molecule has 0 bridgehead atoms. The maximum Gasteiger partial charge on any atom is 0.294 e. The SMILES string of the molecule is CCCCCCCCCCCc1ccc(Oc2ccccc2)cc1S(=O)(=O)O. The van der Waals surface area contributed by atoms with Crippen LogP contribution in [0, 0.1) is 0 Å². The van der Waals surface area contributed by atoms with Crippen molar-refractivity contribution in [3.63, 3.8) is 0 Å². The number of ether oxygens (including phenoxy) is 1. The van der Waals surface area contributed by atoms with Crippen LogP contribution in [0.15, 0.2) is 53.4 Å². The Morgan fingerprint density at radius 1 is 0.786 bits per heavy atom. The van der Waals surface area contributed by atoms with Gasteiger partial charge >= 0.3 is 0 Å². The van der Waals surface area contributed by atoms with Gasteiger partial charge in [0.15, 0.2) is 0 Å². The average molecular weight is 405 g/mol. The molecule has 2 aromatic rings. The summed E-state index contributed by atoms with van der Waals surface area (Å²) in [6.07, 6.45) is 11.5. The Balaban J connectivity index is 1.87. The van der Waals surface area contributed by atoms with E-state index in [2.05, 4.69) is 6.92 Å². The molecule has 0 aliphatic rings. The van der Waals surface area contributed by atoms with E-state index in [-0.39, 0.29) is 4.90 Å². The van der Waals surface area contributed by atoms with Gasteiger partial charge in [0, 0.05) is 6.07 Å². The molecule has 0 aromatic heterocycles. The second-order valence-electron chi connectivity index (χ2n) is 7.24. The van der Waals surface area contributed by atoms with Crippen LogP contribution in [0.3, 0.4) is 0 Å². The highest BCUT2D eigenvalue weighted by atomic mass is 32.2. The number of para-hydroxylation sites is 1. The van der Waals surface area contributed by atoms with Gasteiger partial charge in [-0.15, -0.1) is 0 Å². The summed E-state index contributed by atoms with van der Waals surface area (Å²) in [6.45, 7) is 2.22. The molecule has 154 valence electrons. The Kier molecular flexibility index (Phi) is 9.51. The van der Waals surface area contributed by atoms with E-state index in [0.29, 0.717) is 23.5 Å². The third-order valence-corrected chi connectivity index (χ3v) is 5.78. The predicted molar refractivity (Wildman–Crippen MR) is 114 cm³/mol. The van der Waals surface area contributed by atoms with E-state index in [4.69, 9.17) is 4.74 Å². The summed E-state index contributed by atoms with van der Waals surface area (Å²) < 4.78 is 38.9. The first kappa shape index (κ1) is 22.4. The molecule has 0 aliphatic heterocycles. The maximum absolute atomic E-state index is 11.8. The van der Waals surface area contributed by atoms with Crippen LogP contribution in [-0.4, -0.2) is 13.0 Å². The first-order valence-corrected chi connectivity index (χ1v) is 11.8. The molecule has 2 aromatic carbocycles. The van der Waals surface area contributed by atoms with Crippen molar-refractivity contribution in [3.05, 3.63) is 54.1 Å². The Hall–Kier alpha value is -1.85. The third kappa shape index (κ3) is 8.03. The molecule has 0 aliphatic carbocycles. The van der Waals surface area contributed by atoms with Gasteiger partial charge in [0.2, 0.25) is 0 Å². The lowest BCUT2D eigenvalue weighted by atomic mass is 10.0. The molecule has 0 spiro atoms. The van der Waals surface area contributed by atoms with Crippen molar-refractivity contribution in [1.82, 2.24) is 0 Å². The molecule has 0 atom stereocenters. The normalized spacial score (nSPS) is 11.5. The number of rotatable bonds is 13. The van der Waals surface area contributed by atoms with Crippen molar-refractivity contribution >= 4 is 10.1 Å². The second kappa shape index (κ2) is 11.9. The smallest absolute Gasteiger partial charge is 0.294 e. The molecule has 2 rings (SSSR count). The van der Waals surface area contributed by atoms with Gasteiger partial charge in [-0.1, -0.05) is 82.6 Å². The van der Waals surface area contributed by atoms with Crippen molar-refractivity contribution in [2.24, 2.45) is 0 Å². The summed E-state index contributed by atoms with van der Waals surface area (Å²) in [5, 5.41) is 0. The van der Waals surface area contributed by atoms with Crippen LogP contribution in [0.25, 0.3) is 0 Å². The highest BCUT2D eigenvalue weighted by molar-refractivity contribution is 7.85. The topological polar surface area (TPSA) is 63.6 Å². The van der Waals surface area contributed by atoms with E-state index < -0.39 is 10.1 Å². The lowest BCUT2D eigenvalue weighted by molar-refractivity contribution is 0.470. The fourth-order valence-corrected chi connectivity index (χ4v) is 4.06. The summed E-state index contributed by atoms with van der Waals surface area (Å²) >= 11 is 0. The van der Waals surface area contributed by atoms with Crippen molar-refractivity contribution in [2.45, 2.75) is 76.0 Å². The monoisotopic (exact) mass is 404 g/mol. The lowest BCUT2D eigenvalue weighted by Crippen LogP contribution is -2.04. The van der Waals surface area contributed by atoms with Gasteiger partial charge in [-0.25, -0.2) is 0 Å². The number of hydrogen-bond acceptors (Lipinski definition) is 3. The van der Waals surface area contributed by atoms with Gasteiger partial charge in [-0.05, 0) is 36.6 Å². The van der Waals surface area contributed by atoms with E-state index in [1.54, 1.807) is 24.3 Å². The summed E-state index contributed by atoms with van der Waals surface area (Å²) in [7, 11) is -4.29. The van der Waals surface area contributed by atoms with E-state index in [9.17, 15) is 13.0 Å². The van der Waals surface area contributed by atoms with Gasteiger partial charge in [-0.2, -0.15) is 8.42 Å². The molecule has 5 heteroatoms. The lowest BCUT2D eigenvalue weighted by Gasteiger charge is -2.11.